The Morgan fingerprint density at radius 3 is 1.38 bits per heavy atom. The fourth-order valence-electron chi connectivity index (χ4n) is 12.6. The average molecular weight is 705 g/mol. The van der Waals surface area contributed by atoms with Gasteiger partial charge in [-0.05, 0) is 135 Å². The monoisotopic (exact) mass is 704 g/mol. The number of anilines is 6. The summed E-state index contributed by atoms with van der Waals surface area (Å²) < 4.78 is 0. The zero-order valence-corrected chi connectivity index (χ0v) is 31.1. The lowest BCUT2D eigenvalue weighted by Gasteiger charge is -2.45. The predicted molar refractivity (Wildman–Crippen MR) is 230 cm³/mol. The third-order valence-electron chi connectivity index (χ3n) is 14.7. The van der Waals surface area contributed by atoms with Gasteiger partial charge in [0, 0.05) is 45.0 Å². The molecule has 2 fully saturated rings. The van der Waals surface area contributed by atoms with Gasteiger partial charge < -0.3 is 9.80 Å². The van der Waals surface area contributed by atoms with E-state index in [4.69, 9.17) is 0 Å². The molecule has 0 radical (unpaired) electrons. The van der Waals surface area contributed by atoms with Crippen molar-refractivity contribution >= 4 is 57.2 Å². The van der Waals surface area contributed by atoms with E-state index in [0.717, 1.165) is 0 Å². The molecule has 0 aromatic heterocycles. The normalized spacial score (nSPS) is 18.1. The Balaban J connectivity index is 1.15. The van der Waals surface area contributed by atoms with E-state index < -0.39 is 0 Å². The summed E-state index contributed by atoms with van der Waals surface area (Å²) in [7, 11) is 0. The summed E-state index contributed by atoms with van der Waals surface area (Å²) in [4.78, 5) is 5.18. The first-order chi connectivity index (χ1) is 27.3. The molecule has 0 bridgehead atoms. The van der Waals surface area contributed by atoms with Crippen LogP contribution < -0.4 is 26.2 Å². The zero-order valence-electron chi connectivity index (χ0n) is 31.1. The Labute approximate surface area is 324 Å². The second-order valence-corrected chi connectivity index (χ2v) is 17.1. The molecule has 55 heavy (non-hydrogen) atoms. The van der Waals surface area contributed by atoms with Crippen LogP contribution in [0.4, 0.5) is 34.1 Å². The van der Waals surface area contributed by atoms with Crippen molar-refractivity contribution in [2.24, 2.45) is 0 Å². The molecule has 6 aliphatic rings. The Kier molecular flexibility index (Phi) is 6.06. The van der Waals surface area contributed by atoms with E-state index in [1.54, 1.807) is 22.3 Å². The van der Waals surface area contributed by atoms with Gasteiger partial charge in [-0.3, -0.25) is 0 Å². The van der Waals surface area contributed by atoms with Gasteiger partial charge in [0.25, 0.3) is 6.71 Å². The smallest absolute Gasteiger partial charge is 0.252 e. The van der Waals surface area contributed by atoms with E-state index in [1.807, 2.05) is 0 Å². The Morgan fingerprint density at radius 1 is 0.364 bits per heavy atom. The zero-order chi connectivity index (χ0) is 35.9. The van der Waals surface area contributed by atoms with E-state index in [1.165, 1.54) is 124 Å². The Hall–Kier alpha value is -5.80. The van der Waals surface area contributed by atoms with Crippen molar-refractivity contribution in [1.82, 2.24) is 0 Å². The third-order valence-corrected chi connectivity index (χ3v) is 14.7. The fourth-order valence-corrected chi connectivity index (χ4v) is 12.6. The van der Waals surface area contributed by atoms with Crippen molar-refractivity contribution in [3.05, 3.63) is 174 Å². The van der Waals surface area contributed by atoms with Gasteiger partial charge in [0.05, 0.1) is 0 Å². The minimum Gasteiger partial charge on any atom is -0.311 e. The van der Waals surface area contributed by atoms with E-state index in [0.29, 0.717) is 0 Å². The van der Waals surface area contributed by atoms with Crippen LogP contribution in [0.2, 0.25) is 0 Å². The summed E-state index contributed by atoms with van der Waals surface area (Å²) in [6.07, 6.45) is 10.1. The topological polar surface area (TPSA) is 6.48 Å². The highest BCUT2D eigenvalue weighted by atomic mass is 15.2. The fraction of sp³-hybridized carbons (Fsp3) is 0.192. The van der Waals surface area contributed by atoms with Crippen LogP contribution in [0.15, 0.2) is 152 Å². The molecule has 2 saturated carbocycles. The quantitative estimate of drug-likeness (QED) is 0.165. The van der Waals surface area contributed by atoms with E-state index in [2.05, 4.69) is 161 Å². The van der Waals surface area contributed by atoms with Gasteiger partial charge in [0.15, 0.2) is 0 Å². The van der Waals surface area contributed by atoms with E-state index >= 15 is 0 Å². The first-order valence-electron chi connectivity index (χ1n) is 20.7. The lowest BCUT2D eigenvalue weighted by atomic mass is 9.33. The summed E-state index contributed by atoms with van der Waals surface area (Å²) in [5.41, 5.74) is 24.1. The molecule has 13 rings (SSSR count). The molecule has 7 aromatic carbocycles. The Morgan fingerprint density at radius 2 is 0.818 bits per heavy atom. The molecule has 3 heteroatoms. The maximum atomic E-state index is 2.71. The average Bonchev–Trinajstić information content (AvgIpc) is 4.05. The SMILES string of the molecule is c1ccc(N2c3cc4c(cc3B3c5cc6c(cc5N(c5ccccc5)c5cccc2c53)C2(CCCC2)c2ccccc2-6)C2(CCCC2)c2ccccc2-4)cc1. The highest BCUT2D eigenvalue weighted by molar-refractivity contribution is 7.00. The molecular weight excluding hydrogens is 663 g/mol. The van der Waals surface area contributed by atoms with Gasteiger partial charge in [0.2, 0.25) is 0 Å². The molecule has 0 saturated heterocycles. The van der Waals surface area contributed by atoms with Crippen LogP contribution in [0.25, 0.3) is 22.3 Å². The van der Waals surface area contributed by atoms with Gasteiger partial charge in [-0.15, -0.1) is 0 Å². The summed E-state index contributed by atoms with van der Waals surface area (Å²) >= 11 is 0. The molecular formula is C52H41BN2. The molecule has 7 aromatic rings. The first kappa shape index (κ1) is 30.5. The van der Waals surface area contributed by atoms with Gasteiger partial charge >= 0.3 is 0 Å². The predicted octanol–water partition coefficient (Wildman–Crippen LogP) is 11.5. The van der Waals surface area contributed by atoms with Crippen LogP contribution in [-0.4, -0.2) is 6.71 Å². The van der Waals surface area contributed by atoms with E-state index in [9.17, 15) is 0 Å². The van der Waals surface area contributed by atoms with Gasteiger partial charge in [0.1, 0.15) is 0 Å². The van der Waals surface area contributed by atoms with Crippen LogP contribution in [0.1, 0.15) is 73.6 Å². The van der Waals surface area contributed by atoms with Gasteiger partial charge in [-0.1, -0.05) is 129 Å². The molecule has 0 amide bonds. The van der Waals surface area contributed by atoms with Crippen LogP contribution in [0.5, 0.6) is 0 Å². The van der Waals surface area contributed by atoms with Crippen molar-refractivity contribution in [3.8, 4) is 22.3 Å². The lowest BCUT2D eigenvalue weighted by molar-refractivity contribution is 0.550. The van der Waals surface area contributed by atoms with Crippen molar-refractivity contribution < 1.29 is 0 Å². The van der Waals surface area contributed by atoms with Crippen molar-refractivity contribution in [1.29, 1.82) is 0 Å². The number of fused-ring (bicyclic) bond motifs is 14. The minimum absolute atomic E-state index is 0.0949. The van der Waals surface area contributed by atoms with E-state index in [-0.39, 0.29) is 17.5 Å². The number of benzene rings is 7. The molecule has 4 aliphatic carbocycles. The third kappa shape index (κ3) is 3.82. The molecule has 0 atom stereocenters. The largest absolute Gasteiger partial charge is 0.311 e. The molecule has 2 spiro atoms. The van der Waals surface area contributed by atoms with Crippen molar-refractivity contribution in [3.63, 3.8) is 0 Å². The Bertz CT molecular complexity index is 2740. The molecule has 2 aliphatic heterocycles. The molecule has 0 unspecified atom stereocenters. The first-order valence-corrected chi connectivity index (χ1v) is 20.7. The second-order valence-electron chi connectivity index (χ2n) is 17.1. The highest BCUT2D eigenvalue weighted by Gasteiger charge is 2.51. The van der Waals surface area contributed by atoms with Gasteiger partial charge in [-0.2, -0.15) is 0 Å². The summed E-state index contributed by atoms with van der Waals surface area (Å²) in [6.45, 7) is 0.0983. The van der Waals surface area contributed by atoms with Gasteiger partial charge in [-0.25, -0.2) is 0 Å². The highest BCUT2D eigenvalue weighted by Crippen LogP contribution is 2.60. The number of rotatable bonds is 2. The standard InChI is InChI=1S/C52H41BN2/c1-3-16-34(17-4-1)54-46-24-15-25-47-50(46)53(45-32-42-39(31-48(45)54)37-21-8-10-23-41(37)51(42)26-11-12-27-51)44-30-38-36-20-7-9-22-40(36)52(28-13-14-29-52)43(38)33-49(44)55(47)35-18-5-2-6-19-35/h1-10,15-25,30-33H,11-14,26-29H2. The maximum absolute atomic E-state index is 2.71. The number of hydrogen-bond donors (Lipinski definition) is 0. The number of hydrogen-bond acceptors (Lipinski definition) is 2. The molecule has 262 valence electrons. The number of nitrogens with zero attached hydrogens (tertiary/aromatic N) is 2. The summed E-state index contributed by atoms with van der Waals surface area (Å²) in [5, 5.41) is 0. The van der Waals surface area contributed by atoms with Crippen LogP contribution in [0.3, 0.4) is 0 Å². The lowest BCUT2D eigenvalue weighted by Crippen LogP contribution is -2.61. The van der Waals surface area contributed by atoms with Crippen molar-refractivity contribution in [2.75, 3.05) is 9.80 Å². The summed E-state index contributed by atoms with van der Waals surface area (Å²) in [6, 6.07) is 58.7. The number of para-hydroxylation sites is 2. The maximum Gasteiger partial charge on any atom is 0.252 e. The minimum atomic E-state index is 0.0949. The summed E-state index contributed by atoms with van der Waals surface area (Å²) in [5.74, 6) is 0. The molecule has 2 heterocycles. The molecule has 2 nitrogen and oxygen atoms in total. The van der Waals surface area contributed by atoms with Crippen LogP contribution in [-0.2, 0) is 10.8 Å². The molecule has 0 N–H and O–H groups in total. The second kappa shape index (κ2) is 10.9. The van der Waals surface area contributed by atoms with Crippen molar-refractivity contribution in [2.45, 2.75) is 62.2 Å². The van der Waals surface area contributed by atoms with Crippen LogP contribution in [0, 0.1) is 0 Å². The van der Waals surface area contributed by atoms with Crippen LogP contribution >= 0.6 is 0 Å².